The Morgan fingerprint density at radius 3 is 2.64 bits per heavy atom. The highest BCUT2D eigenvalue weighted by atomic mass is 79.9. The molecule has 0 saturated carbocycles. The minimum atomic E-state index is -0.269. The van der Waals surface area contributed by atoms with Crippen LogP contribution < -0.4 is 0 Å². The third kappa shape index (κ3) is 1.52. The Morgan fingerprint density at radius 2 is 1.93 bits per heavy atom. The highest BCUT2D eigenvalue weighted by molar-refractivity contribution is 9.10. The van der Waals surface area contributed by atoms with Crippen molar-refractivity contribution in [3.63, 3.8) is 0 Å². The van der Waals surface area contributed by atoms with Gasteiger partial charge in [0, 0.05) is 17.1 Å². The minimum absolute atomic E-state index is 0.269. The smallest absolute Gasteiger partial charge is 0.139 e. The van der Waals surface area contributed by atoms with Crippen LogP contribution in [0, 0.1) is 19.7 Å². The maximum absolute atomic E-state index is 13.2. The lowest BCUT2D eigenvalue weighted by Gasteiger charge is -2.04. The van der Waals surface area contributed by atoms with Crippen LogP contribution >= 0.6 is 15.9 Å². The van der Waals surface area contributed by atoms with Crippen LogP contribution in [0.4, 0.5) is 4.39 Å². The second-order valence-corrected chi connectivity index (χ2v) is 4.22. The number of fused-ring (bicyclic) bond motifs is 1. The first kappa shape index (κ1) is 9.59. The lowest BCUT2D eigenvalue weighted by molar-refractivity contribution is 0.622. The average Bonchev–Trinajstić information content (AvgIpc) is 2.08. The number of pyridine rings is 1. The number of rotatable bonds is 0. The number of benzene rings is 1. The second-order valence-electron chi connectivity index (χ2n) is 3.36. The van der Waals surface area contributed by atoms with Gasteiger partial charge in [-0.1, -0.05) is 0 Å². The molecule has 1 heterocycles. The highest BCUT2D eigenvalue weighted by Crippen LogP contribution is 2.24. The van der Waals surface area contributed by atoms with Crippen LogP contribution in [-0.4, -0.2) is 4.98 Å². The van der Waals surface area contributed by atoms with Crippen LogP contribution in [0.15, 0.2) is 22.7 Å². The fourth-order valence-electron chi connectivity index (χ4n) is 1.56. The molecule has 3 heteroatoms. The van der Waals surface area contributed by atoms with Gasteiger partial charge in [0.15, 0.2) is 0 Å². The van der Waals surface area contributed by atoms with Crippen molar-refractivity contribution in [3.8, 4) is 0 Å². The van der Waals surface area contributed by atoms with E-state index in [1.165, 1.54) is 6.07 Å². The third-order valence-electron chi connectivity index (χ3n) is 2.19. The van der Waals surface area contributed by atoms with Gasteiger partial charge < -0.3 is 0 Å². The van der Waals surface area contributed by atoms with Crippen LogP contribution in [-0.2, 0) is 0 Å². The summed E-state index contributed by atoms with van der Waals surface area (Å²) in [6.07, 6.45) is 0. The Balaban J connectivity index is 2.89. The zero-order valence-corrected chi connectivity index (χ0v) is 9.52. The molecule has 0 aliphatic rings. The molecular formula is C11H9BrFN. The first-order valence-electron chi connectivity index (χ1n) is 4.31. The Hall–Kier alpha value is -0.960. The van der Waals surface area contributed by atoms with Crippen molar-refractivity contribution >= 4 is 26.8 Å². The summed E-state index contributed by atoms with van der Waals surface area (Å²) in [6.45, 7) is 3.91. The molecule has 0 N–H and O–H groups in total. The number of halogens is 2. The Bertz CT molecular complexity index is 508. The molecule has 2 rings (SSSR count). The summed E-state index contributed by atoms with van der Waals surface area (Å²) < 4.78 is 13.7. The van der Waals surface area contributed by atoms with Crippen molar-refractivity contribution in [1.29, 1.82) is 0 Å². The van der Waals surface area contributed by atoms with E-state index in [9.17, 15) is 4.39 Å². The molecule has 0 radical (unpaired) electrons. The predicted molar refractivity (Wildman–Crippen MR) is 58.9 cm³/mol. The first-order valence-corrected chi connectivity index (χ1v) is 5.10. The van der Waals surface area contributed by atoms with Crippen LogP contribution in [0.25, 0.3) is 10.9 Å². The lowest BCUT2D eigenvalue weighted by Crippen LogP contribution is -1.89. The summed E-state index contributed by atoms with van der Waals surface area (Å²) in [6, 6.07) is 5.22. The molecule has 1 aromatic heterocycles. The van der Waals surface area contributed by atoms with Gasteiger partial charge in [0.25, 0.3) is 0 Å². The van der Waals surface area contributed by atoms with E-state index >= 15 is 0 Å². The summed E-state index contributed by atoms with van der Waals surface area (Å²) in [7, 11) is 0. The maximum Gasteiger partial charge on any atom is 0.139 e. The van der Waals surface area contributed by atoms with Gasteiger partial charge in [-0.25, -0.2) is 4.39 Å². The van der Waals surface area contributed by atoms with Crippen LogP contribution in [0.3, 0.4) is 0 Å². The monoisotopic (exact) mass is 253 g/mol. The third-order valence-corrected chi connectivity index (χ3v) is 2.79. The first-order chi connectivity index (χ1) is 6.58. The van der Waals surface area contributed by atoms with Crippen molar-refractivity contribution in [1.82, 2.24) is 4.98 Å². The van der Waals surface area contributed by atoms with Crippen LogP contribution in [0.1, 0.15) is 11.3 Å². The summed E-state index contributed by atoms with van der Waals surface area (Å²) >= 11 is 3.17. The van der Waals surface area contributed by atoms with Gasteiger partial charge in [-0.15, -0.1) is 0 Å². The fraction of sp³-hybridized carbons (Fsp3) is 0.182. The molecule has 1 nitrogen and oxygen atoms in total. The molecule has 0 unspecified atom stereocenters. The predicted octanol–water partition coefficient (Wildman–Crippen LogP) is 3.75. The molecular weight excluding hydrogens is 245 g/mol. The van der Waals surface area contributed by atoms with Gasteiger partial charge in [-0.05, 0) is 47.5 Å². The van der Waals surface area contributed by atoms with Crippen LogP contribution in [0.5, 0.6) is 0 Å². The molecule has 0 spiro atoms. The largest absolute Gasteiger partial charge is 0.253 e. The molecule has 0 atom stereocenters. The van der Waals surface area contributed by atoms with Gasteiger partial charge >= 0.3 is 0 Å². The summed E-state index contributed by atoms with van der Waals surface area (Å²) in [5.74, 6) is -0.269. The lowest BCUT2D eigenvalue weighted by atomic mass is 10.1. The van der Waals surface area contributed by atoms with E-state index in [2.05, 4.69) is 20.9 Å². The van der Waals surface area contributed by atoms with Gasteiger partial charge in [-0.2, -0.15) is 0 Å². The molecule has 1 aromatic carbocycles. The number of hydrogen-bond donors (Lipinski definition) is 0. The van der Waals surface area contributed by atoms with Crippen molar-refractivity contribution in [3.05, 3.63) is 39.7 Å². The van der Waals surface area contributed by atoms with Crippen molar-refractivity contribution < 1.29 is 4.39 Å². The zero-order chi connectivity index (χ0) is 10.3. The van der Waals surface area contributed by atoms with Gasteiger partial charge in [-0.3, -0.25) is 4.98 Å². The standard InChI is InChI=1S/C11H9BrFN/c1-6-3-7(2)14-11-5-10(13)9(12)4-8(6)11/h3-5H,1-2H3. The fourth-order valence-corrected chi connectivity index (χ4v) is 1.90. The van der Waals surface area contributed by atoms with Crippen molar-refractivity contribution in [2.24, 2.45) is 0 Å². The van der Waals surface area contributed by atoms with Gasteiger partial charge in [0.1, 0.15) is 5.82 Å². The van der Waals surface area contributed by atoms with E-state index in [-0.39, 0.29) is 5.82 Å². The average molecular weight is 254 g/mol. The van der Waals surface area contributed by atoms with E-state index in [0.717, 1.165) is 16.6 Å². The molecule has 0 fully saturated rings. The quantitative estimate of drug-likeness (QED) is 0.697. The normalized spacial score (nSPS) is 10.9. The van der Waals surface area contributed by atoms with E-state index in [1.807, 2.05) is 19.9 Å². The summed E-state index contributed by atoms with van der Waals surface area (Å²) in [5, 5.41) is 0.990. The van der Waals surface area contributed by atoms with Crippen LogP contribution in [0.2, 0.25) is 0 Å². The molecule has 0 saturated heterocycles. The number of nitrogens with zero attached hydrogens (tertiary/aromatic N) is 1. The Labute approximate surface area is 90.1 Å². The van der Waals surface area contributed by atoms with Crippen molar-refractivity contribution in [2.45, 2.75) is 13.8 Å². The van der Waals surface area contributed by atoms with Gasteiger partial charge in [0.05, 0.1) is 9.99 Å². The Kier molecular flexibility index (Phi) is 2.27. The molecule has 72 valence electrons. The molecule has 0 aliphatic carbocycles. The summed E-state index contributed by atoms with van der Waals surface area (Å²) in [4.78, 5) is 4.28. The van der Waals surface area contributed by atoms with E-state index < -0.39 is 0 Å². The maximum atomic E-state index is 13.2. The van der Waals surface area contributed by atoms with Gasteiger partial charge in [0.2, 0.25) is 0 Å². The molecule has 2 aromatic rings. The molecule has 0 bridgehead atoms. The van der Waals surface area contributed by atoms with E-state index in [1.54, 1.807) is 6.07 Å². The van der Waals surface area contributed by atoms with E-state index in [0.29, 0.717) is 9.99 Å². The molecule has 14 heavy (non-hydrogen) atoms. The summed E-state index contributed by atoms with van der Waals surface area (Å²) in [5.41, 5.74) is 2.74. The van der Waals surface area contributed by atoms with Crippen molar-refractivity contribution in [2.75, 3.05) is 0 Å². The Morgan fingerprint density at radius 1 is 1.21 bits per heavy atom. The topological polar surface area (TPSA) is 12.9 Å². The molecule has 0 aliphatic heterocycles. The molecule has 0 amide bonds. The number of aromatic nitrogens is 1. The SMILES string of the molecule is Cc1cc(C)c2cc(Br)c(F)cc2n1. The second kappa shape index (κ2) is 3.31. The number of hydrogen-bond acceptors (Lipinski definition) is 1. The zero-order valence-electron chi connectivity index (χ0n) is 7.94. The van der Waals surface area contributed by atoms with E-state index in [4.69, 9.17) is 0 Å². The number of aryl methyl sites for hydroxylation is 2. The highest BCUT2D eigenvalue weighted by Gasteiger charge is 2.05. The minimum Gasteiger partial charge on any atom is -0.253 e.